The Balaban J connectivity index is -0.0000000771. The first-order valence-electron chi connectivity index (χ1n) is 2.08. The SMILES string of the molecule is O=S([O-])([O-])=S.[CH3][Hg+].[CH3][Hg+]. The predicted octanol–water partition coefficient (Wildman–Crippen LogP) is 0.156. The first kappa shape index (κ1) is 17.3. The molecule has 0 aliphatic carbocycles. The number of rotatable bonds is 0. The van der Waals surface area contributed by atoms with Crippen LogP contribution in [0.3, 0.4) is 0 Å². The summed E-state index contributed by atoms with van der Waals surface area (Å²) in [4.78, 5) is 0. The van der Waals surface area contributed by atoms with Crippen LogP contribution in [0.25, 0.3) is 0 Å². The Labute approximate surface area is 93.3 Å². The fourth-order valence-electron chi connectivity index (χ4n) is 0. The molecule has 48 valence electrons. The van der Waals surface area contributed by atoms with Gasteiger partial charge in [-0.2, -0.15) is 0 Å². The summed E-state index contributed by atoms with van der Waals surface area (Å²) in [6.45, 7) is 0. The Morgan fingerprint density at radius 1 is 1.22 bits per heavy atom. The van der Waals surface area contributed by atoms with Crippen LogP contribution in [0.5, 0.6) is 0 Å². The van der Waals surface area contributed by atoms with Gasteiger partial charge in [0.15, 0.2) is 0 Å². The van der Waals surface area contributed by atoms with Crippen LogP contribution in [0, 0.1) is 0 Å². The maximum atomic E-state index is 8.89. The van der Waals surface area contributed by atoms with Gasteiger partial charge in [0.25, 0.3) is 0 Å². The van der Waals surface area contributed by atoms with Gasteiger partial charge < -0.3 is 9.11 Å². The summed E-state index contributed by atoms with van der Waals surface area (Å²) in [6, 6.07) is 0. The van der Waals surface area contributed by atoms with E-state index in [1.807, 2.05) is 0 Å². The summed E-state index contributed by atoms with van der Waals surface area (Å²) in [6.07, 6.45) is 0. The molecule has 0 aromatic heterocycles. The third-order valence-electron chi connectivity index (χ3n) is 0. The quantitative estimate of drug-likeness (QED) is 0.409. The molecule has 0 amide bonds. The van der Waals surface area contributed by atoms with Gasteiger partial charge in [-0.25, -0.2) is 0 Å². The second-order valence-corrected chi connectivity index (χ2v) is 2.45. The Kier molecular flexibility index (Phi) is 24.6. The van der Waals surface area contributed by atoms with E-state index < -0.39 is 9.05 Å². The van der Waals surface area contributed by atoms with Crippen LogP contribution in [0.15, 0.2) is 0 Å². The van der Waals surface area contributed by atoms with E-state index in [-0.39, 0.29) is 0 Å². The molecule has 7 heteroatoms. The Hall–Kier alpha value is 2.16. The van der Waals surface area contributed by atoms with E-state index in [0.29, 0.717) is 0 Å². The number of hydrogen-bond donors (Lipinski definition) is 0. The molecule has 0 rings (SSSR count). The fraction of sp³-hybridized carbons (Fsp3) is 1.00. The van der Waals surface area contributed by atoms with Crippen molar-refractivity contribution in [2.24, 2.45) is 0 Å². The summed E-state index contributed by atoms with van der Waals surface area (Å²) in [5.41, 5.74) is 0. The second-order valence-electron chi connectivity index (χ2n) is 0.408. The average Bonchev–Trinajstić information content (AvgIpc) is 1.72. The van der Waals surface area contributed by atoms with E-state index in [2.05, 4.69) is 20.1 Å². The average molecular weight is 543 g/mol. The van der Waals surface area contributed by atoms with Crippen molar-refractivity contribution in [2.45, 2.75) is 8.86 Å². The molecule has 9 heavy (non-hydrogen) atoms. The van der Waals surface area contributed by atoms with Gasteiger partial charge in [-0.1, -0.05) is 0 Å². The molecular weight excluding hydrogens is 537 g/mol. The van der Waals surface area contributed by atoms with E-state index >= 15 is 0 Å². The molecule has 0 radical (unpaired) electrons. The van der Waals surface area contributed by atoms with Crippen LogP contribution in [0.4, 0.5) is 0 Å². The standard InChI is InChI=1S/2CH3.2Hg.H2O3S2/c;;;;1-5(2,3)4/h2*1H3;;;(H2,1,2,3,4)/q;;2*+1;/p-2. The normalized spacial score (nSPS) is 8.00. The Morgan fingerprint density at radius 2 is 1.22 bits per heavy atom. The van der Waals surface area contributed by atoms with Crippen molar-refractivity contribution >= 4 is 20.2 Å². The van der Waals surface area contributed by atoms with Crippen LogP contribution in [-0.2, 0) is 72.5 Å². The molecule has 0 bridgehead atoms. The van der Waals surface area contributed by atoms with Crippen LogP contribution in [0.1, 0.15) is 0 Å². The minimum absolute atomic E-state index is 1.03. The molecule has 0 saturated heterocycles. The molecule has 0 atom stereocenters. The Morgan fingerprint density at radius 3 is 1.22 bits per heavy atom. The van der Waals surface area contributed by atoms with Gasteiger partial charge in [0.1, 0.15) is 0 Å². The topological polar surface area (TPSA) is 63.2 Å². The zero-order valence-electron chi connectivity index (χ0n) is 5.46. The second kappa shape index (κ2) is 12.8. The van der Waals surface area contributed by atoms with Gasteiger partial charge in [0, 0.05) is 0 Å². The van der Waals surface area contributed by atoms with E-state index in [1.165, 1.54) is 0 Å². The molecule has 0 aromatic carbocycles. The summed E-state index contributed by atoms with van der Waals surface area (Å²) < 4.78 is 31.1. The van der Waals surface area contributed by atoms with Crippen molar-refractivity contribution in [2.75, 3.05) is 0 Å². The number of hydrogen-bond acceptors (Lipinski definition) is 4. The third-order valence-corrected chi connectivity index (χ3v) is 0. The molecule has 3 nitrogen and oxygen atoms in total. The molecule has 0 aromatic rings. The van der Waals surface area contributed by atoms with E-state index in [4.69, 9.17) is 13.3 Å². The van der Waals surface area contributed by atoms with Crippen LogP contribution < -0.4 is 0 Å². The van der Waals surface area contributed by atoms with Gasteiger partial charge in [-0.3, -0.25) is 4.21 Å². The fourth-order valence-corrected chi connectivity index (χ4v) is 0. The van der Waals surface area contributed by atoms with Crippen molar-refractivity contribution in [3.63, 3.8) is 0 Å². The van der Waals surface area contributed by atoms with Crippen molar-refractivity contribution in [3.05, 3.63) is 0 Å². The van der Waals surface area contributed by atoms with Gasteiger partial charge in [0.05, 0.1) is 0 Å². The monoisotopic (exact) mass is 546 g/mol. The summed E-state index contributed by atoms with van der Waals surface area (Å²) in [5, 5.41) is 0. The molecule has 0 fully saturated rings. The Bertz CT molecular complexity index is 101. The van der Waals surface area contributed by atoms with Crippen molar-refractivity contribution in [3.8, 4) is 0 Å². The molecule has 0 heterocycles. The zero-order valence-corrected chi connectivity index (χ0v) is 18.1. The van der Waals surface area contributed by atoms with E-state index in [0.717, 1.165) is 52.2 Å². The molecule has 0 saturated carbocycles. The first-order valence-corrected chi connectivity index (χ1v) is 15.4. The molecule has 0 aliphatic rings. The predicted molar refractivity (Wildman–Crippen MR) is 28.8 cm³/mol. The molecule has 0 aliphatic heterocycles. The van der Waals surface area contributed by atoms with Gasteiger partial charge >= 0.3 is 61.1 Å². The van der Waals surface area contributed by atoms with Gasteiger partial charge in [-0.15, -0.1) is 9.05 Å². The van der Waals surface area contributed by atoms with E-state index in [9.17, 15) is 0 Å². The van der Waals surface area contributed by atoms with E-state index in [1.54, 1.807) is 0 Å². The molecule has 0 N–H and O–H groups in total. The molecular formula is C2H6Hg2O3S2. The van der Waals surface area contributed by atoms with Gasteiger partial charge in [0.2, 0.25) is 0 Å². The van der Waals surface area contributed by atoms with Crippen LogP contribution in [-0.4, -0.2) is 13.3 Å². The summed E-state index contributed by atoms with van der Waals surface area (Å²) in [5.74, 6) is 0. The van der Waals surface area contributed by atoms with Crippen molar-refractivity contribution in [1.29, 1.82) is 0 Å². The zero-order chi connectivity index (χ0) is 8.50. The maximum absolute atomic E-state index is 8.89. The van der Waals surface area contributed by atoms with Crippen molar-refractivity contribution in [1.82, 2.24) is 0 Å². The first-order chi connectivity index (χ1) is 4.00. The third kappa shape index (κ3) is 145. The summed E-state index contributed by atoms with van der Waals surface area (Å²) in [7, 11) is -4.33. The summed E-state index contributed by atoms with van der Waals surface area (Å²) >= 11 is 5.30. The van der Waals surface area contributed by atoms with Crippen LogP contribution >= 0.6 is 0 Å². The van der Waals surface area contributed by atoms with Crippen LogP contribution in [0.2, 0.25) is 8.86 Å². The molecule has 0 unspecified atom stereocenters. The van der Waals surface area contributed by atoms with Crippen molar-refractivity contribution < 1.29 is 65.6 Å². The van der Waals surface area contributed by atoms with Gasteiger partial charge in [-0.05, 0) is 11.2 Å². The molecule has 0 spiro atoms. The minimum atomic E-state index is -4.33.